The highest BCUT2D eigenvalue weighted by atomic mass is 32.2. The molecule has 0 fully saturated rings. The number of benzene rings is 2. The van der Waals surface area contributed by atoms with E-state index in [1.54, 1.807) is 4.68 Å². The number of hydrogen-bond donors (Lipinski definition) is 2. The number of ether oxygens (including phenoxy) is 1. The second-order valence-electron chi connectivity index (χ2n) is 6.85. The van der Waals surface area contributed by atoms with Crippen molar-refractivity contribution in [3.8, 4) is 11.4 Å². The molecule has 3 rings (SSSR count). The Morgan fingerprint density at radius 1 is 1.00 bits per heavy atom. The lowest BCUT2D eigenvalue weighted by molar-refractivity contribution is -0.274. The summed E-state index contributed by atoms with van der Waals surface area (Å²) in [4.78, 5) is 11.7. The minimum absolute atomic E-state index is 0.104. The van der Waals surface area contributed by atoms with Gasteiger partial charge in [-0.25, -0.2) is 17.8 Å². The Labute approximate surface area is 188 Å². The van der Waals surface area contributed by atoms with Crippen molar-refractivity contribution in [1.82, 2.24) is 19.8 Å². The van der Waals surface area contributed by atoms with E-state index < -0.39 is 22.1 Å². The van der Waals surface area contributed by atoms with Crippen LogP contribution in [-0.2, 0) is 21.2 Å². The Kier molecular flexibility index (Phi) is 7.71. The van der Waals surface area contributed by atoms with Gasteiger partial charge in [-0.05, 0) is 42.5 Å². The van der Waals surface area contributed by atoms with Crippen LogP contribution in [0.25, 0.3) is 5.69 Å². The number of hydrogen-bond acceptors (Lipinski definition) is 5. The Bertz CT molecular complexity index is 1160. The monoisotopic (exact) mass is 482 g/mol. The fourth-order valence-corrected chi connectivity index (χ4v) is 3.87. The molecule has 0 saturated carbocycles. The van der Waals surface area contributed by atoms with Gasteiger partial charge in [0.2, 0.25) is 15.9 Å². The zero-order valence-electron chi connectivity index (χ0n) is 17.2. The number of aromatic nitrogens is 2. The maximum atomic E-state index is 12.2. The summed E-state index contributed by atoms with van der Waals surface area (Å²) in [5.74, 6) is -0.886. The number of nitrogens with zero attached hydrogens (tertiary/aromatic N) is 2. The van der Waals surface area contributed by atoms with Crippen molar-refractivity contribution in [2.24, 2.45) is 0 Å². The molecule has 3 aromatic rings. The van der Waals surface area contributed by atoms with E-state index in [1.807, 2.05) is 42.6 Å². The van der Waals surface area contributed by atoms with E-state index in [2.05, 4.69) is 19.9 Å². The van der Waals surface area contributed by atoms with E-state index in [-0.39, 0.29) is 23.8 Å². The van der Waals surface area contributed by atoms with Crippen LogP contribution in [0, 0.1) is 0 Å². The molecule has 0 aliphatic heterocycles. The fourth-order valence-electron chi connectivity index (χ4n) is 2.84. The SMILES string of the molecule is O=C(CCNS(=O)(=O)c1ccc(OC(F)(F)F)cc1)NCCc1ccn(-c2ccccc2)n1. The molecule has 1 amide bonds. The molecular weight excluding hydrogens is 461 g/mol. The van der Waals surface area contributed by atoms with Crippen molar-refractivity contribution in [2.45, 2.75) is 24.1 Å². The van der Waals surface area contributed by atoms with Gasteiger partial charge in [0.15, 0.2) is 0 Å². The van der Waals surface area contributed by atoms with E-state index in [4.69, 9.17) is 0 Å². The molecule has 176 valence electrons. The van der Waals surface area contributed by atoms with Crippen LogP contribution in [0.2, 0.25) is 0 Å². The van der Waals surface area contributed by atoms with Gasteiger partial charge in [0.05, 0.1) is 16.3 Å². The zero-order chi connectivity index (χ0) is 23.9. The lowest BCUT2D eigenvalue weighted by atomic mass is 10.3. The Morgan fingerprint density at radius 2 is 1.70 bits per heavy atom. The van der Waals surface area contributed by atoms with Crippen molar-refractivity contribution in [3.63, 3.8) is 0 Å². The lowest BCUT2D eigenvalue weighted by Crippen LogP contribution is -2.31. The second-order valence-corrected chi connectivity index (χ2v) is 8.62. The number of carbonyl (C=O) groups excluding carboxylic acids is 1. The van der Waals surface area contributed by atoms with Gasteiger partial charge in [-0.3, -0.25) is 4.79 Å². The minimum Gasteiger partial charge on any atom is -0.406 e. The third-order valence-corrected chi connectivity index (χ3v) is 5.86. The second kappa shape index (κ2) is 10.5. The maximum absolute atomic E-state index is 12.2. The molecule has 0 aliphatic carbocycles. The standard InChI is InChI=1S/C21H21F3N4O4S/c22-21(23,24)32-18-6-8-19(9-7-18)33(30,31)26-14-11-20(29)25-13-10-16-12-15-28(27-16)17-4-2-1-3-5-17/h1-9,12,15,26H,10-11,13-14H2,(H,25,29). The first-order chi connectivity index (χ1) is 15.6. The average Bonchev–Trinajstić information content (AvgIpc) is 3.22. The zero-order valence-corrected chi connectivity index (χ0v) is 18.1. The number of para-hydroxylation sites is 1. The van der Waals surface area contributed by atoms with Crippen LogP contribution in [0.1, 0.15) is 12.1 Å². The van der Waals surface area contributed by atoms with Gasteiger partial charge >= 0.3 is 6.36 Å². The van der Waals surface area contributed by atoms with E-state index in [0.29, 0.717) is 13.0 Å². The predicted octanol–water partition coefficient (Wildman–Crippen LogP) is 2.80. The number of carbonyl (C=O) groups is 1. The fraction of sp³-hybridized carbons (Fsp3) is 0.238. The molecule has 0 radical (unpaired) electrons. The summed E-state index contributed by atoms with van der Waals surface area (Å²) in [6.45, 7) is 0.162. The van der Waals surface area contributed by atoms with Crippen LogP contribution in [0.5, 0.6) is 5.75 Å². The Balaban J connectivity index is 1.40. The van der Waals surface area contributed by atoms with Gasteiger partial charge in [0.25, 0.3) is 0 Å². The largest absolute Gasteiger partial charge is 0.573 e. The van der Waals surface area contributed by atoms with Crippen LogP contribution in [-0.4, -0.2) is 43.6 Å². The lowest BCUT2D eigenvalue weighted by Gasteiger charge is -2.10. The molecule has 0 aliphatic rings. The Hall–Kier alpha value is -3.38. The quantitative estimate of drug-likeness (QED) is 0.463. The number of halogens is 3. The third kappa shape index (κ3) is 7.61. The molecule has 0 saturated heterocycles. The highest BCUT2D eigenvalue weighted by Crippen LogP contribution is 2.23. The van der Waals surface area contributed by atoms with Crippen LogP contribution < -0.4 is 14.8 Å². The smallest absolute Gasteiger partial charge is 0.406 e. The first-order valence-electron chi connectivity index (χ1n) is 9.84. The van der Waals surface area contributed by atoms with Crippen molar-refractivity contribution < 1.29 is 31.1 Å². The van der Waals surface area contributed by atoms with Gasteiger partial charge < -0.3 is 10.1 Å². The first kappa shape index (κ1) is 24.3. The van der Waals surface area contributed by atoms with E-state index in [9.17, 15) is 26.4 Å². The highest BCUT2D eigenvalue weighted by molar-refractivity contribution is 7.89. The summed E-state index contributed by atoms with van der Waals surface area (Å²) in [5, 5.41) is 7.12. The first-order valence-corrected chi connectivity index (χ1v) is 11.3. The van der Waals surface area contributed by atoms with E-state index in [1.165, 1.54) is 0 Å². The molecule has 33 heavy (non-hydrogen) atoms. The molecule has 1 aromatic heterocycles. The molecular formula is C21H21F3N4O4S. The topological polar surface area (TPSA) is 102 Å². The normalized spacial score (nSPS) is 11.8. The van der Waals surface area contributed by atoms with Crippen molar-refractivity contribution in [3.05, 3.63) is 72.6 Å². The molecule has 12 heteroatoms. The molecule has 0 unspecified atom stereocenters. The van der Waals surface area contributed by atoms with Crippen molar-refractivity contribution in [2.75, 3.05) is 13.1 Å². The summed E-state index contributed by atoms with van der Waals surface area (Å²) in [7, 11) is -3.98. The molecule has 2 N–H and O–H groups in total. The Morgan fingerprint density at radius 3 is 2.36 bits per heavy atom. The summed E-state index contributed by atoms with van der Waals surface area (Å²) >= 11 is 0. The summed E-state index contributed by atoms with van der Waals surface area (Å²) in [5.41, 5.74) is 1.71. The number of nitrogens with one attached hydrogen (secondary N) is 2. The van der Waals surface area contributed by atoms with Crippen molar-refractivity contribution in [1.29, 1.82) is 0 Å². The predicted molar refractivity (Wildman–Crippen MR) is 113 cm³/mol. The van der Waals surface area contributed by atoms with Gasteiger partial charge in [0.1, 0.15) is 5.75 Å². The molecule has 1 heterocycles. The van der Waals surface area contributed by atoms with Gasteiger partial charge in [0, 0.05) is 32.1 Å². The van der Waals surface area contributed by atoms with E-state index in [0.717, 1.165) is 35.6 Å². The number of sulfonamides is 1. The van der Waals surface area contributed by atoms with Gasteiger partial charge in [-0.2, -0.15) is 5.10 Å². The van der Waals surface area contributed by atoms with Gasteiger partial charge in [-0.15, -0.1) is 13.2 Å². The maximum Gasteiger partial charge on any atom is 0.573 e. The molecule has 0 atom stereocenters. The van der Waals surface area contributed by atoms with E-state index >= 15 is 0 Å². The van der Waals surface area contributed by atoms with Crippen LogP contribution in [0.3, 0.4) is 0 Å². The summed E-state index contributed by atoms with van der Waals surface area (Å²) < 4.78 is 68.6. The van der Waals surface area contributed by atoms with Crippen LogP contribution >= 0.6 is 0 Å². The number of alkyl halides is 3. The highest BCUT2D eigenvalue weighted by Gasteiger charge is 2.31. The summed E-state index contributed by atoms with van der Waals surface area (Å²) in [6.07, 6.45) is -2.65. The molecule has 0 bridgehead atoms. The average molecular weight is 482 g/mol. The third-order valence-electron chi connectivity index (χ3n) is 4.38. The number of rotatable bonds is 10. The van der Waals surface area contributed by atoms with Crippen LogP contribution in [0.15, 0.2) is 71.8 Å². The summed E-state index contributed by atoms with van der Waals surface area (Å²) in [6, 6.07) is 15.2. The van der Waals surface area contributed by atoms with Crippen molar-refractivity contribution >= 4 is 15.9 Å². The van der Waals surface area contributed by atoms with Crippen LogP contribution in [0.4, 0.5) is 13.2 Å². The molecule has 0 spiro atoms. The van der Waals surface area contributed by atoms with Gasteiger partial charge in [-0.1, -0.05) is 18.2 Å². The number of amides is 1. The molecule has 2 aromatic carbocycles. The minimum atomic E-state index is -4.87. The molecule has 8 nitrogen and oxygen atoms in total.